The Balaban J connectivity index is 2.42. The largest absolute Gasteiger partial charge is 0.383 e. The molecule has 0 saturated heterocycles. The van der Waals surface area contributed by atoms with Gasteiger partial charge in [0.1, 0.15) is 0 Å². The second kappa shape index (κ2) is 6.94. The Hall–Kier alpha value is -1.28. The highest BCUT2D eigenvalue weighted by atomic mass is 79.9. The Labute approximate surface area is 126 Å². The number of rotatable bonds is 6. The van der Waals surface area contributed by atoms with Crippen molar-refractivity contribution >= 4 is 15.9 Å². The second-order valence-electron chi connectivity index (χ2n) is 4.37. The predicted octanol–water partition coefficient (Wildman–Crippen LogP) is 1.55. The molecule has 2 heterocycles. The number of nitrogens with two attached hydrogens (primary N) is 1. The van der Waals surface area contributed by atoms with E-state index >= 15 is 0 Å². The number of hydrazine groups is 1. The smallest absolute Gasteiger partial charge is 0.0907 e. The fraction of sp³-hybridized carbons (Fsp3) is 0.385. The highest BCUT2D eigenvalue weighted by Gasteiger charge is 2.22. The summed E-state index contributed by atoms with van der Waals surface area (Å²) in [5.74, 6) is 5.76. The van der Waals surface area contributed by atoms with E-state index in [-0.39, 0.29) is 6.04 Å². The van der Waals surface area contributed by atoms with E-state index in [0.29, 0.717) is 13.2 Å². The third kappa shape index (κ3) is 3.06. The summed E-state index contributed by atoms with van der Waals surface area (Å²) in [7, 11) is 1.67. The molecule has 2 rings (SSSR count). The minimum atomic E-state index is -0.183. The molecule has 0 aliphatic rings. The van der Waals surface area contributed by atoms with Crippen molar-refractivity contribution < 1.29 is 4.74 Å². The van der Waals surface area contributed by atoms with E-state index < -0.39 is 0 Å². The van der Waals surface area contributed by atoms with Crippen LogP contribution in [0.25, 0.3) is 0 Å². The van der Waals surface area contributed by atoms with Crippen LogP contribution in [0, 0.1) is 6.92 Å². The molecule has 0 aromatic carbocycles. The summed E-state index contributed by atoms with van der Waals surface area (Å²) in [6, 6.07) is 3.72. The minimum absolute atomic E-state index is 0.183. The van der Waals surface area contributed by atoms with Gasteiger partial charge in [0, 0.05) is 19.0 Å². The lowest BCUT2D eigenvalue weighted by Crippen LogP contribution is -2.32. The standard InChI is InChI=1S/C13H18BrN5O/c1-9-10(4-3-5-16-9)12(18-15)13-11(14)8-17-19(13)6-7-20-2/h3-5,8,12,18H,6-7,15H2,1-2H3. The molecule has 0 spiro atoms. The van der Waals surface area contributed by atoms with E-state index in [1.54, 1.807) is 19.5 Å². The number of halogens is 1. The van der Waals surface area contributed by atoms with Gasteiger partial charge < -0.3 is 4.74 Å². The Morgan fingerprint density at radius 3 is 3.00 bits per heavy atom. The van der Waals surface area contributed by atoms with E-state index in [1.165, 1.54) is 0 Å². The number of pyridine rings is 1. The lowest BCUT2D eigenvalue weighted by molar-refractivity contribution is 0.182. The Kier molecular flexibility index (Phi) is 5.24. The molecule has 1 unspecified atom stereocenters. The first-order chi connectivity index (χ1) is 9.69. The molecule has 2 aromatic heterocycles. The number of nitrogens with one attached hydrogen (secondary N) is 1. The van der Waals surface area contributed by atoms with Crippen molar-refractivity contribution in [3.63, 3.8) is 0 Å². The molecule has 0 amide bonds. The van der Waals surface area contributed by atoms with Crippen LogP contribution in [0.2, 0.25) is 0 Å². The van der Waals surface area contributed by atoms with Crippen LogP contribution in [0.15, 0.2) is 29.0 Å². The molecule has 20 heavy (non-hydrogen) atoms. The van der Waals surface area contributed by atoms with Gasteiger partial charge >= 0.3 is 0 Å². The minimum Gasteiger partial charge on any atom is -0.383 e. The number of ether oxygens (including phenoxy) is 1. The van der Waals surface area contributed by atoms with Crippen LogP contribution in [0.4, 0.5) is 0 Å². The molecule has 0 aliphatic heterocycles. The summed E-state index contributed by atoms with van der Waals surface area (Å²) in [5, 5.41) is 4.35. The van der Waals surface area contributed by atoms with Gasteiger partial charge in [-0.05, 0) is 34.5 Å². The van der Waals surface area contributed by atoms with Crippen LogP contribution in [0.5, 0.6) is 0 Å². The fourth-order valence-corrected chi connectivity index (χ4v) is 2.66. The van der Waals surface area contributed by atoms with Crippen molar-refractivity contribution in [3.8, 4) is 0 Å². The first-order valence-electron chi connectivity index (χ1n) is 6.26. The predicted molar refractivity (Wildman–Crippen MR) is 79.9 cm³/mol. The number of aryl methyl sites for hydroxylation is 1. The first kappa shape index (κ1) is 15.1. The van der Waals surface area contributed by atoms with Gasteiger partial charge in [0.2, 0.25) is 0 Å². The summed E-state index contributed by atoms with van der Waals surface area (Å²) in [5.41, 5.74) is 5.76. The van der Waals surface area contributed by atoms with Gasteiger partial charge in [0.05, 0.1) is 35.6 Å². The molecule has 1 atom stereocenters. The van der Waals surface area contributed by atoms with E-state index in [4.69, 9.17) is 10.6 Å². The normalized spacial score (nSPS) is 12.6. The molecule has 6 nitrogen and oxygen atoms in total. The van der Waals surface area contributed by atoms with Gasteiger partial charge in [-0.3, -0.25) is 15.5 Å². The Morgan fingerprint density at radius 1 is 1.55 bits per heavy atom. The molecule has 0 saturated carbocycles. The maximum absolute atomic E-state index is 5.76. The fourth-order valence-electron chi connectivity index (χ4n) is 2.13. The molecule has 0 bridgehead atoms. The SMILES string of the molecule is COCCn1ncc(Br)c1C(NN)c1cccnc1C. The molecular formula is C13H18BrN5O. The average molecular weight is 340 g/mol. The number of hydrogen-bond acceptors (Lipinski definition) is 5. The molecule has 0 radical (unpaired) electrons. The molecule has 7 heteroatoms. The van der Waals surface area contributed by atoms with Crippen molar-refractivity contribution in [2.45, 2.75) is 19.5 Å². The van der Waals surface area contributed by atoms with Crippen LogP contribution in [0.3, 0.4) is 0 Å². The third-order valence-electron chi connectivity index (χ3n) is 3.14. The summed E-state index contributed by atoms with van der Waals surface area (Å²) in [4.78, 5) is 4.31. The number of aromatic nitrogens is 3. The van der Waals surface area contributed by atoms with Crippen molar-refractivity contribution in [1.82, 2.24) is 20.2 Å². The van der Waals surface area contributed by atoms with Crippen LogP contribution in [-0.4, -0.2) is 28.5 Å². The van der Waals surface area contributed by atoms with Gasteiger partial charge in [0.25, 0.3) is 0 Å². The van der Waals surface area contributed by atoms with E-state index in [2.05, 4.69) is 31.4 Å². The number of nitrogens with zero attached hydrogens (tertiary/aromatic N) is 3. The van der Waals surface area contributed by atoms with Crippen LogP contribution >= 0.6 is 15.9 Å². The maximum atomic E-state index is 5.76. The zero-order valence-corrected chi connectivity index (χ0v) is 13.1. The molecule has 2 aromatic rings. The summed E-state index contributed by atoms with van der Waals surface area (Å²) >= 11 is 3.53. The van der Waals surface area contributed by atoms with Crippen LogP contribution in [-0.2, 0) is 11.3 Å². The lowest BCUT2D eigenvalue weighted by Gasteiger charge is -2.20. The van der Waals surface area contributed by atoms with E-state index in [0.717, 1.165) is 21.4 Å². The zero-order valence-electron chi connectivity index (χ0n) is 11.5. The molecule has 0 aliphatic carbocycles. The average Bonchev–Trinajstić information content (AvgIpc) is 2.81. The monoisotopic (exact) mass is 339 g/mol. The zero-order chi connectivity index (χ0) is 14.5. The summed E-state index contributed by atoms with van der Waals surface area (Å²) < 4.78 is 7.89. The van der Waals surface area contributed by atoms with Crippen molar-refractivity contribution in [2.24, 2.45) is 5.84 Å². The molecule has 3 N–H and O–H groups in total. The third-order valence-corrected chi connectivity index (χ3v) is 3.75. The Bertz CT molecular complexity index is 572. The van der Waals surface area contributed by atoms with E-state index in [9.17, 15) is 0 Å². The molecule has 0 fully saturated rings. The van der Waals surface area contributed by atoms with Gasteiger partial charge in [-0.2, -0.15) is 5.10 Å². The molecule has 108 valence electrons. The van der Waals surface area contributed by atoms with Gasteiger partial charge in [-0.25, -0.2) is 5.43 Å². The van der Waals surface area contributed by atoms with Crippen molar-refractivity contribution in [2.75, 3.05) is 13.7 Å². The maximum Gasteiger partial charge on any atom is 0.0907 e. The number of hydrogen-bond donors (Lipinski definition) is 2. The van der Waals surface area contributed by atoms with Crippen molar-refractivity contribution in [3.05, 3.63) is 46.0 Å². The van der Waals surface area contributed by atoms with Crippen molar-refractivity contribution in [1.29, 1.82) is 0 Å². The quantitative estimate of drug-likeness (QED) is 0.616. The van der Waals surface area contributed by atoms with Gasteiger partial charge in [-0.1, -0.05) is 6.07 Å². The summed E-state index contributed by atoms with van der Waals surface area (Å²) in [6.07, 6.45) is 3.53. The first-order valence-corrected chi connectivity index (χ1v) is 7.06. The van der Waals surface area contributed by atoms with Gasteiger partial charge in [-0.15, -0.1) is 0 Å². The van der Waals surface area contributed by atoms with Gasteiger partial charge in [0.15, 0.2) is 0 Å². The van der Waals surface area contributed by atoms with E-state index in [1.807, 2.05) is 23.7 Å². The van der Waals surface area contributed by atoms with Crippen LogP contribution in [0.1, 0.15) is 23.0 Å². The second-order valence-corrected chi connectivity index (χ2v) is 5.23. The van der Waals surface area contributed by atoms with Crippen LogP contribution < -0.4 is 11.3 Å². The number of methoxy groups -OCH3 is 1. The lowest BCUT2D eigenvalue weighted by atomic mass is 10.0. The Morgan fingerprint density at radius 2 is 2.35 bits per heavy atom. The highest BCUT2D eigenvalue weighted by Crippen LogP contribution is 2.29. The summed E-state index contributed by atoms with van der Waals surface area (Å²) in [6.45, 7) is 3.21. The highest BCUT2D eigenvalue weighted by molar-refractivity contribution is 9.10. The topological polar surface area (TPSA) is 78.0 Å². The molecular weight excluding hydrogens is 322 g/mol.